The highest BCUT2D eigenvalue weighted by molar-refractivity contribution is 5.93. The number of halogens is 3. The monoisotopic (exact) mass is 314 g/mol. The van der Waals surface area contributed by atoms with Crippen molar-refractivity contribution in [2.24, 2.45) is 0 Å². The predicted molar refractivity (Wildman–Crippen MR) is 71.3 cm³/mol. The molecular formula is C14H13F3N2O3. The number of rotatable bonds is 4. The van der Waals surface area contributed by atoms with Crippen molar-refractivity contribution >= 4 is 17.0 Å². The number of aromatic carboxylic acids is 1. The molecule has 2 aromatic rings. The molecule has 8 heteroatoms. The fourth-order valence-electron chi connectivity index (χ4n) is 1.90. The molecule has 5 nitrogen and oxygen atoms in total. The van der Waals surface area contributed by atoms with E-state index in [0.717, 1.165) is 12.1 Å². The van der Waals surface area contributed by atoms with Crippen LogP contribution in [0.15, 0.2) is 12.1 Å². The molecule has 0 spiro atoms. The first-order valence-electron chi connectivity index (χ1n) is 6.39. The number of carboxylic acid groups (broad SMARTS) is 1. The highest BCUT2D eigenvalue weighted by atomic mass is 19.3. The third kappa shape index (κ3) is 3.01. The van der Waals surface area contributed by atoms with E-state index in [1.54, 1.807) is 0 Å². The standard InChI is InChI=1S/C14H13F3N2O3/c1-6(2)22-14(16,17)11-9(13(20)21)4-8-5-10(15)7(3)18-12(8)19-11/h4-6H,1-3H3,(H,20,21). The van der Waals surface area contributed by atoms with Crippen molar-refractivity contribution in [1.82, 2.24) is 9.97 Å². The van der Waals surface area contributed by atoms with E-state index in [-0.39, 0.29) is 16.7 Å². The van der Waals surface area contributed by atoms with Crippen LogP contribution >= 0.6 is 0 Å². The van der Waals surface area contributed by atoms with Gasteiger partial charge in [0.1, 0.15) is 5.82 Å². The number of hydrogen-bond acceptors (Lipinski definition) is 4. The minimum Gasteiger partial charge on any atom is -0.478 e. The molecule has 2 aromatic heterocycles. The zero-order valence-electron chi connectivity index (χ0n) is 12.0. The Kier molecular flexibility index (Phi) is 4.06. The molecule has 118 valence electrons. The lowest BCUT2D eigenvalue weighted by Crippen LogP contribution is -2.26. The van der Waals surface area contributed by atoms with E-state index in [9.17, 15) is 18.0 Å². The van der Waals surface area contributed by atoms with E-state index in [0.29, 0.717) is 0 Å². The van der Waals surface area contributed by atoms with Crippen LogP contribution in [-0.2, 0) is 10.8 Å². The molecule has 2 rings (SSSR count). The van der Waals surface area contributed by atoms with Crippen LogP contribution in [-0.4, -0.2) is 27.1 Å². The van der Waals surface area contributed by atoms with Crippen molar-refractivity contribution < 1.29 is 27.8 Å². The number of ether oxygens (including phenoxy) is 1. The molecule has 0 saturated heterocycles. The number of nitrogens with zero attached hydrogens (tertiary/aromatic N) is 2. The summed E-state index contributed by atoms with van der Waals surface area (Å²) in [5.74, 6) is -2.29. The van der Waals surface area contributed by atoms with Crippen LogP contribution in [0.2, 0.25) is 0 Å². The zero-order chi connectivity index (χ0) is 16.7. The van der Waals surface area contributed by atoms with Crippen molar-refractivity contribution in [3.63, 3.8) is 0 Å². The molecule has 0 unspecified atom stereocenters. The van der Waals surface area contributed by atoms with E-state index in [1.165, 1.54) is 20.8 Å². The van der Waals surface area contributed by atoms with Crippen LogP contribution in [0, 0.1) is 12.7 Å². The molecule has 0 aliphatic heterocycles. The number of aromatic nitrogens is 2. The van der Waals surface area contributed by atoms with Crippen LogP contribution in [0.25, 0.3) is 11.0 Å². The van der Waals surface area contributed by atoms with Crippen molar-refractivity contribution in [3.05, 3.63) is 34.9 Å². The Balaban J connectivity index is 2.73. The molecule has 0 aromatic carbocycles. The van der Waals surface area contributed by atoms with Crippen LogP contribution in [0.3, 0.4) is 0 Å². The summed E-state index contributed by atoms with van der Waals surface area (Å²) in [7, 11) is 0. The van der Waals surface area contributed by atoms with Gasteiger partial charge in [-0.3, -0.25) is 0 Å². The second kappa shape index (κ2) is 5.53. The highest BCUT2D eigenvalue weighted by Gasteiger charge is 2.40. The van der Waals surface area contributed by atoms with E-state index in [4.69, 9.17) is 5.11 Å². The summed E-state index contributed by atoms with van der Waals surface area (Å²) in [6.45, 7) is 4.12. The predicted octanol–water partition coefficient (Wildman–Crippen LogP) is 3.25. The first-order valence-corrected chi connectivity index (χ1v) is 6.39. The van der Waals surface area contributed by atoms with Gasteiger partial charge < -0.3 is 9.84 Å². The Morgan fingerprint density at radius 3 is 2.50 bits per heavy atom. The number of aryl methyl sites for hydroxylation is 1. The quantitative estimate of drug-likeness (QED) is 0.938. The fourth-order valence-corrected chi connectivity index (χ4v) is 1.90. The Bertz CT molecular complexity index is 748. The van der Waals surface area contributed by atoms with Gasteiger partial charge in [-0.1, -0.05) is 0 Å². The van der Waals surface area contributed by atoms with Gasteiger partial charge in [0.25, 0.3) is 0 Å². The zero-order valence-corrected chi connectivity index (χ0v) is 12.0. The number of alkyl halides is 2. The summed E-state index contributed by atoms with van der Waals surface area (Å²) < 4.78 is 46.1. The number of carboxylic acids is 1. The Labute approximate surface area is 123 Å². The number of carbonyl (C=O) groups is 1. The smallest absolute Gasteiger partial charge is 0.401 e. The summed E-state index contributed by atoms with van der Waals surface area (Å²) >= 11 is 0. The molecular weight excluding hydrogens is 301 g/mol. The first kappa shape index (κ1) is 16.2. The molecule has 0 amide bonds. The van der Waals surface area contributed by atoms with Gasteiger partial charge in [-0.2, -0.15) is 8.78 Å². The van der Waals surface area contributed by atoms with Gasteiger partial charge in [0, 0.05) is 5.39 Å². The van der Waals surface area contributed by atoms with Gasteiger partial charge in [0.15, 0.2) is 11.3 Å². The fraction of sp³-hybridized carbons (Fsp3) is 0.357. The van der Waals surface area contributed by atoms with E-state index >= 15 is 0 Å². The molecule has 1 N–H and O–H groups in total. The second-order valence-corrected chi connectivity index (χ2v) is 4.98. The Morgan fingerprint density at radius 2 is 1.95 bits per heavy atom. The lowest BCUT2D eigenvalue weighted by Gasteiger charge is -2.20. The minimum absolute atomic E-state index is 0.0181. The summed E-state index contributed by atoms with van der Waals surface area (Å²) in [6.07, 6.45) is -4.75. The minimum atomic E-state index is -3.90. The molecule has 22 heavy (non-hydrogen) atoms. The highest BCUT2D eigenvalue weighted by Crippen LogP contribution is 2.33. The third-order valence-electron chi connectivity index (χ3n) is 2.82. The first-order chi connectivity index (χ1) is 10.1. The molecule has 2 heterocycles. The maximum Gasteiger partial charge on any atom is 0.401 e. The summed E-state index contributed by atoms with van der Waals surface area (Å²) in [5, 5.41) is 9.12. The van der Waals surface area contributed by atoms with Gasteiger partial charge in [0.2, 0.25) is 0 Å². The maximum atomic E-state index is 14.1. The van der Waals surface area contributed by atoms with E-state index in [2.05, 4.69) is 14.7 Å². The molecule has 0 bridgehead atoms. The van der Waals surface area contributed by atoms with Crippen LogP contribution in [0.4, 0.5) is 13.2 Å². The maximum absolute atomic E-state index is 14.1. The molecule has 0 atom stereocenters. The third-order valence-corrected chi connectivity index (χ3v) is 2.82. The number of pyridine rings is 2. The molecule has 0 saturated carbocycles. The second-order valence-electron chi connectivity index (χ2n) is 4.98. The number of fused-ring (bicyclic) bond motifs is 1. The molecule has 0 aliphatic rings. The molecule has 0 aliphatic carbocycles. The average molecular weight is 314 g/mol. The van der Waals surface area contributed by atoms with Gasteiger partial charge in [-0.15, -0.1) is 0 Å². The van der Waals surface area contributed by atoms with Gasteiger partial charge in [-0.25, -0.2) is 19.2 Å². The van der Waals surface area contributed by atoms with Crippen molar-refractivity contribution in [2.75, 3.05) is 0 Å². The lowest BCUT2D eigenvalue weighted by molar-refractivity contribution is -0.269. The van der Waals surface area contributed by atoms with Crippen LogP contribution < -0.4 is 0 Å². The van der Waals surface area contributed by atoms with Gasteiger partial charge >= 0.3 is 12.1 Å². The molecule has 0 fully saturated rings. The topological polar surface area (TPSA) is 72.3 Å². The Morgan fingerprint density at radius 1 is 1.32 bits per heavy atom. The summed E-state index contributed by atoms with van der Waals surface area (Å²) in [5.41, 5.74) is -2.02. The van der Waals surface area contributed by atoms with E-state index in [1.807, 2.05) is 0 Å². The van der Waals surface area contributed by atoms with Crippen molar-refractivity contribution in [3.8, 4) is 0 Å². The Hall–Kier alpha value is -2.22. The van der Waals surface area contributed by atoms with Crippen LogP contribution in [0.5, 0.6) is 0 Å². The SMILES string of the molecule is Cc1nc2nc(C(F)(F)OC(C)C)c(C(=O)O)cc2cc1F. The number of hydrogen-bond donors (Lipinski definition) is 1. The normalized spacial score (nSPS) is 12.1. The van der Waals surface area contributed by atoms with E-state index < -0.39 is 35.3 Å². The lowest BCUT2D eigenvalue weighted by atomic mass is 10.1. The van der Waals surface area contributed by atoms with Crippen molar-refractivity contribution in [2.45, 2.75) is 33.0 Å². The van der Waals surface area contributed by atoms with Gasteiger partial charge in [0.05, 0.1) is 17.4 Å². The van der Waals surface area contributed by atoms with Crippen LogP contribution in [0.1, 0.15) is 35.6 Å². The largest absolute Gasteiger partial charge is 0.478 e. The van der Waals surface area contributed by atoms with Gasteiger partial charge in [-0.05, 0) is 32.9 Å². The molecule has 0 radical (unpaired) electrons. The van der Waals surface area contributed by atoms with Crippen molar-refractivity contribution in [1.29, 1.82) is 0 Å². The summed E-state index contributed by atoms with van der Waals surface area (Å²) in [6, 6.07) is 1.91. The summed E-state index contributed by atoms with van der Waals surface area (Å²) in [4.78, 5) is 18.6. The average Bonchev–Trinajstić information content (AvgIpc) is 2.37.